The molecule has 9 rings (SSSR count). The Bertz CT molecular complexity index is 2350. The molecule has 5 aromatic carbocycles. The van der Waals surface area contributed by atoms with E-state index in [1.54, 1.807) is 17.4 Å². The number of aromatic nitrogens is 1. The van der Waals surface area contributed by atoms with Crippen molar-refractivity contribution >= 4 is 81.4 Å². The molecule has 1 aliphatic rings. The van der Waals surface area contributed by atoms with Gasteiger partial charge in [0.15, 0.2) is 5.58 Å². The fourth-order valence-corrected chi connectivity index (χ4v) is 7.62. The lowest BCUT2D eigenvalue weighted by Gasteiger charge is -2.28. The van der Waals surface area contributed by atoms with Gasteiger partial charge in [-0.2, -0.15) is 0 Å². The lowest BCUT2D eigenvalue weighted by atomic mass is 10.1. The Labute approximate surface area is 238 Å². The summed E-state index contributed by atoms with van der Waals surface area (Å²) in [5, 5.41) is 9.74. The SMILES string of the molecule is Cc1ccc2c(n1)sc1c(C3Nc4cc5ccccc5cc4N3c3cccc4c3oc3ccccc34)ccc(F)c12. The van der Waals surface area contributed by atoms with Crippen molar-refractivity contribution in [1.29, 1.82) is 0 Å². The number of nitrogens with one attached hydrogen (secondary N) is 1. The van der Waals surface area contributed by atoms with Crippen molar-refractivity contribution in [2.45, 2.75) is 13.1 Å². The molecule has 1 aliphatic heterocycles. The van der Waals surface area contributed by atoms with Crippen molar-refractivity contribution < 1.29 is 8.81 Å². The Morgan fingerprint density at radius 3 is 2.51 bits per heavy atom. The Morgan fingerprint density at radius 1 is 0.805 bits per heavy atom. The third-order valence-corrected chi connectivity index (χ3v) is 9.36. The molecule has 0 spiro atoms. The number of nitrogens with zero attached hydrogens (tertiary/aromatic N) is 2. The molecular weight excluding hydrogens is 529 g/mol. The maximum absolute atomic E-state index is 15.4. The number of rotatable bonds is 2. The van der Waals surface area contributed by atoms with Crippen LogP contribution in [0.25, 0.3) is 53.0 Å². The predicted molar refractivity (Wildman–Crippen MR) is 168 cm³/mol. The van der Waals surface area contributed by atoms with Crippen LogP contribution in [0.5, 0.6) is 0 Å². The summed E-state index contributed by atoms with van der Waals surface area (Å²) in [5.74, 6) is -0.229. The molecule has 6 heteroatoms. The minimum Gasteiger partial charge on any atom is -0.454 e. The van der Waals surface area contributed by atoms with E-state index in [1.165, 1.54) is 0 Å². The van der Waals surface area contributed by atoms with Crippen molar-refractivity contribution in [3.63, 3.8) is 0 Å². The molecule has 4 nitrogen and oxygen atoms in total. The van der Waals surface area contributed by atoms with Gasteiger partial charge in [-0.05, 0) is 60.2 Å². The van der Waals surface area contributed by atoms with Crippen LogP contribution >= 0.6 is 11.3 Å². The molecule has 0 fully saturated rings. The minimum atomic E-state index is -0.294. The second-order valence-corrected chi connectivity index (χ2v) is 11.6. The van der Waals surface area contributed by atoms with E-state index in [-0.39, 0.29) is 12.0 Å². The Hall–Kier alpha value is -4.94. The van der Waals surface area contributed by atoms with Gasteiger partial charge in [0.05, 0.1) is 17.1 Å². The third kappa shape index (κ3) is 3.22. The molecule has 3 aromatic heterocycles. The lowest BCUT2D eigenvalue weighted by Crippen LogP contribution is -2.23. The number of fused-ring (bicyclic) bond motifs is 8. The van der Waals surface area contributed by atoms with E-state index in [1.807, 2.05) is 43.3 Å². The standard InChI is InChI=1S/C35H22FN3OS/c1-19-13-14-24-31-26(36)16-15-25(33(31)41-35(24)37-19)34-38-27-17-20-7-2-3-8-21(20)18-29(27)39(34)28-11-6-10-23-22-9-4-5-12-30(22)40-32(23)28/h2-18,34,38H,1H3. The van der Waals surface area contributed by atoms with Crippen molar-refractivity contribution in [3.8, 4) is 0 Å². The van der Waals surface area contributed by atoms with Crippen LogP contribution in [0.15, 0.2) is 108 Å². The van der Waals surface area contributed by atoms with E-state index in [0.29, 0.717) is 5.39 Å². The van der Waals surface area contributed by atoms with Gasteiger partial charge in [-0.1, -0.05) is 60.7 Å². The number of hydrogen-bond donors (Lipinski definition) is 1. The fourth-order valence-electron chi connectivity index (χ4n) is 6.35. The van der Waals surface area contributed by atoms with Crippen molar-refractivity contribution in [1.82, 2.24) is 4.98 Å². The smallest absolute Gasteiger partial charge is 0.159 e. The van der Waals surface area contributed by atoms with E-state index >= 15 is 4.39 Å². The first-order valence-corrected chi connectivity index (χ1v) is 14.4. The number of thiophene rings is 1. The fraction of sp³-hybridized carbons (Fsp3) is 0.0571. The first kappa shape index (κ1) is 22.8. The number of halogens is 1. The molecule has 0 saturated carbocycles. The average Bonchev–Trinajstić information content (AvgIpc) is 3.67. The lowest BCUT2D eigenvalue weighted by molar-refractivity contribution is 0.639. The second-order valence-electron chi connectivity index (χ2n) is 10.6. The summed E-state index contributed by atoms with van der Waals surface area (Å²) >= 11 is 1.55. The molecule has 1 unspecified atom stereocenters. The van der Waals surface area contributed by atoms with Gasteiger partial charge < -0.3 is 14.6 Å². The summed E-state index contributed by atoms with van der Waals surface area (Å²) in [6.45, 7) is 1.97. The topological polar surface area (TPSA) is 41.3 Å². The van der Waals surface area contributed by atoms with Crippen LogP contribution < -0.4 is 10.2 Å². The molecule has 4 heterocycles. The van der Waals surface area contributed by atoms with Gasteiger partial charge in [-0.15, -0.1) is 11.3 Å². The van der Waals surface area contributed by atoms with Crippen LogP contribution in [0.1, 0.15) is 17.4 Å². The highest BCUT2D eigenvalue weighted by Crippen LogP contribution is 2.52. The van der Waals surface area contributed by atoms with E-state index in [0.717, 1.165) is 75.9 Å². The molecule has 0 bridgehead atoms. The third-order valence-electron chi connectivity index (χ3n) is 8.22. The van der Waals surface area contributed by atoms with Crippen molar-refractivity contribution in [2.24, 2.45) is 0 Å². The molecule has 1 atom stereocenters. The van der Waals surface area contributed by atoms with Gasteiger partial charge in [0.1, 0.15) is 22.4 Å². The number of benzene rings is 5. The Morgan fingerprint density at radius 2 is 1.61 bits per heavy atom. The van der Waals surface area contributed by atoms with Gasteiger partial charge >= 0.3 is 0 Å². The average molecular weight is 552 g/mol. The van der Waals surface area contributed by atoms with Crippen LogP contribution in [0, 0.1) is 12.7 Å². The minimum absolute atomic E-state index is 0.229. The van der Waals surface area contributed by atoms with Gasteiger partial charge in [0, 0.05) is 37.5 Å². The molecule has 0 amide bonds. The molecule has 0 saturated heterocycles. The van der Waals surface area contributed by atoms with Gasteiger partial charge in [-0.25, -0.2) is 9.37 Å². The zero-order valence-corrected chi connectivity index (χ0v) is 22.8. The van der Waals surface area contributed by atoms with Crippen molar-refractivity contribution in [2.75, 3.05) is 10.2 Å². The van der Waals surface area contributed by atoms with Crippen LogP contribution in [-0.4, -0.2) is 4.98 Å². The van der Waals surface area contributed by atoms with Crippen LogP contribution in [0.3, 0.4) is 0 Å². The highest BCUT2D eigenvalue weighted by molar-refractivity contribution is 7.25. The first-order valence-electron chi connectivity index (χ1n) is 13.6. The summed E-state index contributed by atoms with van der Waals surface area (Å²) in [5.41, 5.74) is 6.63. The number of hydrogen-bond acceptors (Lipinski definition) is 5. The van der Waals surface area contributed by atoms with E-state index < -0.39 is 0 Å². The summed E-state index contributed by atoms with van der Waals surface area (Å²) < 4.78 is 22.9. The van der Waals surface area contributed by atoms with Crippen LogP contribution in [0.4, 0.5) is 21.5 Å². The molecule has 0 radical (unpaired) electrons. The Kier molecular flexibility index (Phi) is 4.61. The normalized spacial score (nSPS) is 15.0. The summed E-state index contributed by atoms with van der Waals surface area (Å²) in [4.78, 5) is 7.90. The number of anilines is 3. The first-order chi connectivity index (χ1) is 20.1. The predicted octanol–water partition coefficient (Wildman–Crippen LogP) is 10.2. The highest BCUT2D eigenvalue weighted by Gasteiger charge is 2.35. The number of para-hydroxylation sites is 2. The molecule has 196 valence electrons. The molecular formula is C35H22FN3OS. The molecule has 0 aliphatic carbocycles. The molecule has 1 N–H and O–H groups in total. The van der Waals surface area contributed by atoms with Gasteiger partial charge in [-0.3, -0.25) is 0 Å². The Balaban J connectivity index is 1.35. The zero-order valence-electron chi connectivity index (χ0n) is 22.0. The van der Waals surface area contributed by atoms with Crippen LogP contribution in [0.2, 0.25) is 0 Å². The maximum Gasteiger partial charge on any atom is 0.159 e. The number of aryl methyl sites for hydroxylation is 1. The second kappa shape index (κ2) is 8.29. The highest BCUT2D eigenvalue weighted by atomic mass is 32.1. The number of pyridine rings is 1. The monoisotopic (exact) mass is 551 g/mol. The summed E-state index contributed by atoms with van der Waals surface area (Å²) in [6, 6.07) is 34.7. The van der Waals surface area contributed by atoms with E-state index in [4.69, 9.17) is 9.40 Å². The van der Waals surface area contributed by atoms with E-state index in [2.05, 4.69) is 70.9 Å². The summed E-state index contributed by atoms with van der Waals surface area (Å²) in [7, 11) is 0. The van der Waals surface area contributed by atoms with E-state index in [9.17, 15) is 0 Å². The van der Waals surface area contributed by atoms with Crippen LogP contribution in [-0.2, 0) is 0 Å². The maximum atomic E-state index is 15.4. The zero-order chi connectivity index (χ0) is 27.2. The van der Waals surface area contributed by atoms with Crippen molar-refractivity contribution in [3.05, 3.63) is 120 Å². The molecule has 41 heavy (non-hydrogen) atoms. The molecule has 8 aromatic rings. The van der Waals surface area contributed by atoms with Gasteiger partial charge in [0.2, 0.25) is 0 Å². The summed E-state index contributed by atoms with van der Waals surface area (Å²) in [6.07, 6.45) is -0.294. The quantitative estimate of drug-likeness (QED) is 0.232. The largest absolute Gasteiger partial charge is 0.454 e. The number of furan rings is 1. The van der Waals surface area contributed by atoms with Gasteiger partial charge in [0.25, 0.3) is 0 Å².